The van der Waals surface area contributed by atoms with Gasteiger partial charge < -0.3 is 4.90 Å². The first-order chi connectivity index (χ1) is 10.0. The highest BCUT2D eigenvalue weighted by atomic mass is 16.2. The van der Waals surface area contributed by atoms with Crippen molar-refractivity contribution in [1.29, 1.82) is 0 Å². The second-order valence-corrected chi connectivity index (χ2v) is 8.16. The minimum atomic E-state index is 0.0536. The molecule has 21 heavy (non-hydrogen) atoms. The van der Waals surface area contributed by atoms with Crippen LogP contribution in [-0.2, 0) is 4.79 Å². The Labute approximate surface area is 129 Å². The number of amides is 1. The molecule has 2 aliphatic carbocycles. The fourth-order valence-corrected chi connectivity index (χ4v) is 4.89. The molecule has 3 aliphatic rings. The standard InChI is InChI=1S/C18H32N2O/c1-5-12(4)17-18(21)20(16(19-17)8-11(2)3)15-10-13-6-7-14(15)9-13/h11-17,19H,5-10H2,1-4H3. The molecule has 6 atom stereocenters. The zero-order valence-corrected chi connectivity index (χ0v) is 14.1. The topological polar surface area (TPSA) is 32.3 Å². The second kappa shape index (κ2) is 5.91. The van der Waals surface area contributed by atoms with Crippen molar-refractivity contribution >= 4 is 5.91 Å². The van der Waals surface area contributed by atoms with Crippen molar-refractivity contribution in [1.82, 2.24) is 10.2 Å². The predicted octanol–water partition coefficient (Wildman–Crippen LogP) is 3.39. The van der Waals surface area contributed by atoms with E-state index in [0.717, 1.165) is 24.7 Å². The molecule has 3 fully saturated rings. The Hall–Kier alpha value is -0.570. The molecule has 3 nitrogen and oxygen atoms in total. The van der Waals surface area contributed by atoms with Crippen LogP contribution in [0.25, 0.3) is 0 Å². The number of hydrogen-bond donors (Lipinski definition) is 1. The third-order valence-electron chi connectivity index (χ3n) is 6.19. The van der Waals surface area contributed by atoms with Crippen molar-refractivity contribution in [3.05, 3.63) is 0 Å². The largest absolute Gasteiger partial charge is 0.323 e. The van der Waals surface area contributed by atoms with E-state index in [0.29, 0.717) is 23.8 Å². The molecule has 1 N–H and O–H groups in total. The van der Waals surface area contributed by atoms with Gasteiger partial charge in [-0.1, -0.05) is 40.5 Å². The maximum atomic E-state index is 13.0. The molecular weight excluding hydrogens is 260 g/mol. The fraction of sp³-hybridized carbons (Fsp3) is 0.944. The number of nitrogens with one attached hydrogen (secondary N) is 1. The van der Waals surface area contributed by atoms with Gasteiger partial charge >= 0.3 is 0 Å². The quantitative estimate of drug-likeness (QED) is 0.842. The Morgan fingerprint density at radius 3 is 2.52 bits per heavy atom. The van der Waals surface area contributed by atoms with E-state index in [9.17, 15) is 4.79 Å². The summed E-state index contributed by atoms with van der Waals surface area (Å²) in [6.07, 6.45) is 7.83. The number of rotatable bonds is 5. The van der Waals surface area contributed by atoms with E-state index in [1.807, 2.05) is 0 Å². The number of fused-ring (bicyclic) bond motifs is 2. The molecule has 1 amide bonds. The van der Waals surface area contributed by atoms with Crippen LogP contribution < -0.4 is 5.32 Å². The van der Waals surface area contributed by atoms with E-state index >= 15 is 0 Å². The molecule has 2 bridgehead atoms. The Morgan fingerprint density at radius 1 is 1.24 bits per heavy atom. The number of carbonyl (C=O) groups is 1. The molecule has 3 heteroatoms. The molecular formula is C18H32N2O. The smallest absolute Gasteiger partial charge is 0.241 e. The minimum absolute atomic E-state index is 0.0536. The van der Waals surface area contributed by atoms with Gasteiger partial charge in [0.1, 0.15) is 0 Å². The fourth-order valence-electron chi connectivity index (χ4n) is 4.89. The summed E-state index contributed by atoms with van der Waals surface area (Å²) < 4.78 is 0. The summed E-state index contributed by atoms with van der Waals surface area (Å²) in [6, 6.07) is 0.583. The summed E-state index contributed by atoms with van der Waals surface area (Å²) >= 11 is 0. The predicted molar refractivity (Wildman–Crippen MR) is 85.7 cm³/mol. The van der Waals surface area contributed by atoms with E-state index in [1.54, 1.807) is 0 Å². The van der Waals surface area contributed by atoms with E-state index in [4.69, 9.17) is 0 Å². The van der Waals surface area contributed by atoms with E-state index < -0.39 is 0 Å². The Balaban J connectivity index is 1.78. The molecule has 1 aliphatic heterocycles. The van der Waals surface area contributed by atoms with Gasteiger partial charge in [0.15, 0.2) is 0 Å². The summed E-state index contributed by atoms with van der Waals surface area (Å²) in [5.74, 6) is 3.15. The van der Waals surface area contributed by atoms with Gasteiger partial charge in [-0.05, 0) is 49.4 Å². The highest BCUT2D eigenvalue weighted by Gasteiger charge is 2.50. The van der Waals surface area contributed by atoms with Gasteiger partial charge in [-0.15, -0.1) is 0 Å². The molecule has 120 valence electrons. The molecule has 6 unspecified atom stereocenters. The van der Waals surface area contributed by atoms with Crippen LogP contribution in [0.3, 0.4) is 0 Å². The van der Waals surface area contributed by atoms with Crippen molar-refractivity contribution in [3.8, 4) is 0 Å². The van der Waals surface area contributed by atoms with Gasteiger partial charge in [0.05, 0.1) is 12.2 Å². The maximum absolute atomic E-state index is 13.0. The first kappa shape index (κ1) is 15.3. The molecule has 0 aromatic rings. The van der Waals surface area contributed by atoms with Crippen molar-refractivity contribution in [2.75, 3.05) is 0 Å². The SMILES string of the molecule is CCC(C)C1NC(CC(C)C)N(C2CC3CCC2C3)C1=O. The highest BCUT2D eigenvalue weighted by Crippen LogP contribution is 2.48. The van der Waals surface area contributed by atoms with Gasteiger partial charge in [0, 0.05) is 6.04 Å². The van der Waals surface area contributed by atoms with Crippen LogP contribution in [0, 0.1) is 23.7 Å². The number of hydrogen-bond acceptors (Lipinski definition) is 2. The minimum Gasteiger partial charge on any atom is -0.323 e. The van der Waals surface area contributed by atoms with E-state index in [-0.39, 0.29) is 12.2 Å². The second-order valence-electron chi connectivity index (χ2n) is 8.16. The Bertz CT molecular complexity index is 395. The molecule has 0 aromatic carbocycles. The first-order valence-corrected chi connectivity index (χ1v) is 9.09. The number of nitrogens with zero attached hydrogens (tertiary/aromatic N) is 1. The average Bonchev–Trinajstić information content (AvgIpc) is 3.12. The summed E-state index contributed by atoms with van der Waals surface area (Å²) in [5, 5.41) is 3.69. The van der Waals surface area contributed by atoms with Crippen LogP contribution >= 0.6 is 0 Å². The molecule has 2 saturated carbocycles. The van der Waals surface area contributed by atoms with Gasteiger partial charge in [0.2, 0.25) is 5.91 Å². The van der Waals surface area contributed by atoms with Crippen molar-refractivity contribution in [2.45, 2.75) is 84.5 Å². The Morgan fingerprint density at radius 2 is 2.00 bits per heavy atom. The molecule has 0 radical (unpaired) electrons. The summed E-state index contributed by atoms with van der Waals surface area (Å²) in [4.78, 5) is 15.3. The van der Waals surface area contributed by atoms with Crippen LogP contribution in [0.1, 0.15) is 66.2 Å². The third-order valence-corrected chi connectivity index (χ3v) is 6.19. The number of carbonyl (C=O) groups excluding carboxylic acids is 1. The average molecular weight is 292 g/mol. The van der Waals surface area contributed by atoms with E-state index in [2.05, 4.69) is 37.9 Å². The summed E-state index contributed by atoms with van der Waals surface area (Å²) in [6.45, 7) is 8.94. The van der Waals surface area contributed by atoms with Crippen molar-refractivity contribution in [3.63, 3.8) is 0 Å². The molecule has 0 spiro atoms. The molecule has 3 rings (SSSR count). The van der Waals surface area contributed by atoms with Crippen molar-refractivity contribution in [2.24, 2.45) is 23.7 Å². The lowest BCUT2D eigenvalue weighted by molar-refractivity contribution is -0.134. The lowest BCUT2D eigenvalue weighted by atomic mass is 9.92. The molecule has 1 heterocycles. The summed E-state index contributed by atoms with van der Waals surface area (Å²) in [5.41, 5.74) is 0. The van der Waals surface area contributed by atoms with Gasteiger partial charge in [0.25, 0.3) is 0 Å². The van der Waals surface area contributed by atoms with Crippen LogP contribution in [0.4, 0.5) is 0 Å². The Kier molecular flexibility index (Phi) is 4.31. The maximum Gasteiger partial charge on any atom is 0.241 e. The first-order valence-electron chi connectivity index (χ1n) is 9.09. The highest BCUT2D eigenvalue weighted by molar-refractivity contribution is 5.85. The van der Waals surface area contributed by atoms with Crippen LogP contribution in [-0.4, -0.2) is 29.1 Å². The lowest BCUT2D eigenvalue weighted by Crippen LogP contribution is -2.47. The lowest BCUT2D eigenvalue weighted by Gasteiger charge is -2.36. The van der Waals surface area contributed by atoms with Crippen LogP contribution in [0.5, 0.6) is 0 Å². The third kappa shape index (κ3) is 2.74. The van der Waals surface area contributed by atoms with Gasteiger partial charge in [-0.25, -0.2) is 0 Å². The van der Waals surface area contributed by atoms with Gasteiger partial charge in [-0.2, -0.15) is 0 Å². The van der Waals surface area contributed by atoms with Crippen LogP contribution in [0.2, 0.25) is 0 Å². The zero-order chi connectivity index (χ0) is 15.1. The molecule has 1 saturated heterocycles. The monoisotopic (exact) mass is 292 g/mol. The normalized spacial score (nSPS) is 40.5. The molecule has 0 aromatic heterocycles. The van der Waals surface area contributed by atoms with Crippen LogP contribution in [0.15, 0.2) is 0 Å². The van der Waals surface area contributed by atoms with Gasteiger partial charge in [-0.3, -0.25) is 10.1 Å². The zero-order valence-electron chi connectivity index (χ0n) is 14.1. The van der Waals surface area contributed by atoms with Crippen molar-refractivity contribution < 1.29 is 4.79 Å². The van der Waals surface area contributed by atoms with E-state index in [1.165, 1.54) is 25.7 Å². The summed E-state index contributed by atoms with van der Waals surface area (Å²) in [7, 11) is 0.